The molecule has 1 heterocycles. The zero-order valence-electron chi connectivity index (χ0n) is 13.5. The van der Waals surface area contributed by atoms with E-state index >= 15 is 0 Å². The normalized spacial score (nSPS) is 19.9. The lowest BCUT2D eigenvalue weighted by molar-refractivity contribution is -0.146. The SMILES string of the molecule is CCOC(=O)c1cc(Br)ccc1NC(=O)N1CCC(C)(C(=O)O)C1. The molecule has 1 atom stereocenters. The summed E-state index contributed by atoms with van der Waals surface area (Å²) < 4.78 is 5.68. The number of esters is 1. The number of carboxylic acid groups (broad SMARTS) is 1. The smallest absolute Gasteiger partial charge is 0.340 e. The van der Waals surface area contributed by atoms with Crippen LogP contribution in [-0.2, 0) is 9.53 Å². The molecule has 1 aliphatic heterocycles. The van der Waals surface area contributed by atoms with E-state index in [9.17, 15) is 19.5 Å². The number of carbonyl (C=O) groups is 3. The number of amides is 2. The first kappa shape index (κ1) is 18.3. The summed E-state index contributed by atoms with van der Waals surface area (Å²) in [5, 5.41) is 11.9. The second kappa shape index (κ2) is 7.21. The predicted octanol–water partition coefficient (Wildman–Crippen LogP) is 2.95. The molecule has 1 unspecified atom stereocenters. The Morgan fingerprint density at radius 3 is 2.71 bits per heavy atom. The van der Waals surface area contributed by atoms with Gasteiger partial charge in [0.1, 0.15) is 0 Å². The Labute approximate surface area is 148 Å². The molecule has 0 spiro atoms. The minimum atomic E-state index is -0.943. The molecule has 2 N–H and O–H groups in total. The zero-order chi connectivity index (χ0) is 17.9. The van der Waals surface area contributed by atoms with Gasteiger partial charge in [-0.1, -0.05) is 15.9 Å². The molecule has 2 rings (SSSR count). The van der Waals surface area contributed by atoms with Crippen LogP contribution in [0.5, 0.6) is 0 Å². The molecule has 1 aromatic carbocycles. The van der Waals surface area contributed by atoms with Gasteiger partial charge in [-0.25, -0.2) is 9.59 Å². The van der Waals surface area contributed by atoms with E-state index in [0.29, 0.717) is 23.1 Å². The molecule has 0 aromatic heterocycles. The summed E-state index contributed by atoms with van der Waals surface area (Å²) in [6.07, 6.45) is 0.390. The fourth-order valence-electron chi connectivity index (χ4n) is 2.51. The molecule has 1 saturated heterocycles. The first-order chi connectivity index (χ1) is 11.3. The van der Waals surface area contributed by atoms with Gasteiger partial charge in [0.15, 0.2) is 0 Å². The van der Waals surface area contributed by atoms with E-state index in [1.807, 2.05) is 0 Å². The number of nitrogens with zero attached hydrogens (tertiary/aromatic N) is 1. The lowest BCUT2D eigenvalue weighted by atomic mass is 9.90. The summed E-state index contributed by atoms with van der Waals surface area (Å²) in [5.41, 5.74) is -0.383. The molecule has 0 bridgehead atoms. The third-order valence-corrected chi connectivity index (χ3v) is 4.49. The van der Waals surface area contributed by atoms with Gasteiger partial charge in [0.2, 0.25) is 0 Å². The van der Waals surface area contributed by atoms with E-state index in [4.69, 9.17) is 4.74 Å². The van der Waals surface area contributed by atoms with Crippen LogP contribution >= 0.6 is 15.9 Å². The predicted molar refractivity (Wildman–Crippen MR) is 91.1 cm³/mol. The third kappa shape index (κ3) is 3.87. The number of hydrogen-bond acceptors (Lipinski definition) is 4. The van der Waals surface area contributed by atoms with E-state index in [0.717, 1.165) is 0 Å². The maximum Gasteiger partial charge on any atom is 0.340 e. The van der Waals surface area contributed by atoms with Crippen molar-refractivity contribution in [2.45, 2.75) is 20.3 Å². The molecule has 7 nitrogen and oxygen atoms in total. The highest BCUT2D eigenvalue weighted by atomic mass is 79.9. The highest BCUT2D eigenvalue weighted by molar-refractivity contribution is 9.10. The number of likely N-dealkylation sites (tertiary alicyclic amines) is 1. The van der Waals surface area contributed by atoms with Gasteiger partial charge in [0.25, 0.3) is 0 Å². The van der Waals surface area contributed by atoms with Gasteiger partial charge in [-0.05, 0) is 38.5 Å². The minimum absolute atomic E-state index is 0.124. The molecular weight excluding hydrogens is 380 g/mol. The molecule has 8 heteroatoms. The molecule has 130 valence electrons. The lowest BCUT2D eigenvalue weighted by Gasteiger charge is -2.21. The number of halogens is 1. The van der Waals surface area contributed by atoms with E-state index in [1.54, 1.807) is 32.0 Å². The van der Waals surface area contributed by atoms with Crippen LogP contribution < -0.4 is 5.32 Å². The molecule has 2 amide bonds. The highest BCUT2D eigenvalue weighted by Gasteiger charge is 2.42. The number of urea groups is 1. The summed E-state index contributed by atoms with van der Waals surface area (Å²) in [7, 11) is 0. The average Bonchev–Trinajstić information content (AvgIpc) is 2.93. The first-order valence-electron chi connectivity index (χ1n) is 7.53. The number of anilines is 1. The lowest BCUT2D eigenvalue weighted by Crippen LogP contribution is -2.37. The largest absolute Gasteiger partial charge is 0.481 e. The summed E-state index contributed by atoms with van der Waals surface area (Å²) in [6.45, 7) is 4.01. The Balaban J connectivity index is 2.15. The van der Waals surface area contributed by atoms with Crippen LogP contribution in [0.3, 0.4) is 0 Å². The van der Waals surface area contributed by atoms with E-state index < -0.39 is 23.4 Å². The number of benzene rings is 1. The first-order valence-corrected chi connectivity index (χ1v) is 8.32. The van der Waals surface area contributed by atoms with Crippen molar-refractivity contribution in [3.8, 4) is 0 Å². The van der Waals surface area contributed by atoms with Crippen molar-refractivity contribution < 1.29 is 24.2 Å². The quantitative estimate of drug-likeness (QED) is 0.759. The molecule has 24 heavy (non-hydrogen) atoms. The van der Waals surface area contributed by atoms with Crippen LogP contribution in [-0.4, -0.2) is 47.7 Å². The highest BCUT2D eigenvalue weighted by Crippen LogP contribution is 2.31. The topological polar surface area (TPSA) is 95.9 Å². The van der Waals surface area contributed by atoms with Crippen molar-refractivity contribution in [2.24, 2.45) is 5.41 Å². The second-order valence-corrected chi connectivity index (χ2v) is 6.79. The van der Waals surface area contributed by atoms with Gasteiger partial charge in [-0.2, -0.15) is 0 Å². The number of carbonyl (C=O) groups excluding carboxylic acids is 2. The Hall–Kier alpha value is -2.09. The third-order valence-electron chi connectivity index (χ3n) is 4.00. The summed E-state index contributed by atoms with van der Waals surface area (Å²) in [5.74, 6) is -1.46. The summed E-state index contributed by atoms with van der Waals surface area (Å²) >= 11 is 3.28. The number of hydrogen-bond donors (Lipinski definition) is 2. The number of rotatable bonds is 4. The van der Waals surface area contributed by atoms with Crippen LogP contribution in [0.25, 0.3) is 0 Å². The van der Waals surface area contributed by atoms with Crippen molar-refractivity contribution in [3.63, 3.8) is 0 Å². The van der Waals surface area contributed by atoms with Crippen LogP contribution in [0.2, 0.25) is 0 Å². The van der Waals surface area contributed by atoms with Gasteiger partial charge < -0.3 is 20.1 Å². The van der Waals surface area contributed by atoms with Gasteiger partial charge in [-0.15, -0.1) is 0 Å². The Morgan fingerprint density at radius 1 is 1.42 bits per heavy atom. The van der Waals surface area contributed by atoms with Gasteiger partial charge >= 0.3 is 18.0 Å². The van der Waals surface area contributed by atoms with Crippen molar-refractivity contribution in [2.75, 3.05) is 25.0 Å². The van der Waals surface area contributed by atoms with E-state index in [1.165, 1.54) is 4.90 Å². The maximum absolute atomic E-state index is 12.4. The number of nitrogens with one attached hydrogen (secondary N) is 1. The van der Waals surface area contributed by atoms with E-state index in [2.05, 4.69) is 21.2 Å². The van der Waals surface area contributed by atoms with Crippen molar-refractivity contribution >= 4 is 39.6 Å². The van der Waals surface area contributed by atoms with E-state index in [-0.39, 0.29) is 18.7 Å². The average molecular weight is 399 g/mol. The fourth-order valence-corrected chi connectivity index (χ4v) is 2.87. The van der Waals surface area contributed by atoms with Crippen LogP contribution in [0.4, 0.5) is 10.5 Å². The molecule has 0 saturated carbocycles. The molecule has 0 aliphatic carbocycles. The molecule has 1 fully saturated rings. The van der Waals surface area contributed by atoms with Crippen molar-refractivity contribution in [1.29, 1.82) is 0 Å². The van der Waals surface area contributed by atoms with Crippen molar-refractivity contribution in [1.82, 2.24) is 4.90 Å². The van der Waals surface area contributed by atoms with Crippen LogP contribution in [0.1, 0.15) is 30.6 Å². The van der Waals surface area contributed by atoms with Gasteiger partial charge in [0, 0.05) is 17.6 Å². The van der Waals surface area contributed by atoms with Gasteiger partial charge in [-0.3, -0.25) is 4.79 Å². The number of aliphatic carboxylic acids is 1. The Morgan fingerprint density at radius 2 is 2.12 bits per heavy atom. The zero-order valence-corrected chi connectivity index (χ0v) is 15.1. The monoisotopic (exact) mass is 398 g/mol. The molecular formula is C16H19BrN2O5. The standard InChI is InChI=1S/C16H19BrN2O5/c1-3-24-13(20)11-8-10(17)4-5-12(11)18-15(23)19-7-6-16(2,9-19)14(21)22/h4-5,8H,3,6-7,9H2,1-2H3,(H,18,23)(H,21,22). The number of ether oxygens (including phenoxy) is 1. The van der Waals surface area contributed by atoms with Crippen LogP contribution in [0.15, 0.2) is 22.7 Å². The maximum atomic E-state index is 12.4. The van der Waals surface area contributed by atoms with Crippen molar-refractivity contribution in [3.05, 3.63) is 28.2 Å². The second-order valence-electron chi connectivity index (χ2n) is 5.88. The molecule has 1 aliphatic rings. The Kier molecular flexibility index (Phi) is 5.48. The number of carboxylic acids is 1. The molecule has 0 radical (unpaired) electrons. The van der Waals surface area contributed by atoms with Crippen LogP contribution in [0, 0.1) is 5.41 Å². The summed E-state index contributed by atoms with van der Waals surface area (Å²) in [4.78, 5) is 37.1. The fraction of sp³-hybridized carbons (Fsp3) is 0.438. The minimum Gasteiger partial charge on any atom is -0.481 e. The Bertz CT molecular complexity index is 678. The summed E-state index contributed by atoms with van der Waals surface area (Å²) in [6, 6.07) is 4.43. The van der Waals surface area contributed by atoms with Gasteiger partial charge in [0.05, 0.1) is 23.3 Å². The molecule has 1 aromatic rings.